The zero-order valence-corrected chi connectivity index (χ0v) is 10.5. The lowest BCUT2D eigenvalue weighted by Crippen LogP contribution is -2.21. The van der Waals surface area contributed by atoms with Gasteiger partial charge >= 0.3 is 0 Å². The number of methoxy groups -OCH3 is 1. The molecule has 1 rings (SSSR count). The quantitative estimate of drug-likeness (QED) is 0.662. The Labute approximate surface area is 101 Å². The summed E-state index contributed by atoms with van der Waals surface area (Å²) >= 11 is 0. The predicted octanol–water partition coefficient (Wildman–Crippen LogP) is 1.10. The zero-order valence-electron chi connectivity index (χ0n) is 10.5. The lowest BCUT2D eigenvalue weighted by Gasteiger charge is -2.16. The molecular formula is C11H20N4O2. The van der Waals surface area contributed by atoms with Gasteiger partial charge in [0.2, 0.25) is 5.75 Å². The molecule has 0 bridgehead atoms. The second kappa shape index (κ2) is 6.90. The Morgan fingerprint density at radius 1 is 1.41 bits per heavy atom. The molecule has 6 nitrogen and oxygen atoms in total. The van der Waals surface area contributed by atoms with Crippen molar-refractivity contribution in [1.82, 2.24) is 9.97 Å². The molecule has 0 aliphatic carbocycles. The van der Waals surface area contributed by atoms with Gasteiger partial charge in [0.15, 0.2) is 11.6 Å². The molecule has 17 heavy (non-hydrogen) atoms. The van der Waals surface area contributed by atoms with Crippen LogP contribution >= 0.6 is 0 Å². The minimum atomic E-state index is -0.0853. The third-order valence-electron chi connectivity index (χ3n) is 2.21. The molecule has 0 spiro atoms. The maximum Gasteiger partial charge on any atom is 0.204 e. The summed E-state index contributed by atoms with van der Waals surface area (Å²) in [6.07, 6.45) is 2.47. The molecule has 1 heterocycles. The average molecular weight is 240 g/mol. The molecule has 6 heteroatoms. The molecule has 0 saturated heterocycles. The van der Waals surface area contributed by atoms with E-state index in [1.54, 1.807) is 7.11 Å². The standard InChI is InChI=1S/C11H20N4O2/c1-4-5-12-10-9(17-3)11(14-7-13-10)15-8(2)6-16/h7-8,16H,4-6H2,1-3H3,(H2,12,13,14,15). The van der Waals surface area contributed by atoms with Gasteiger partial charge in [-0.2, -0.15) is 0 Å². The van der Waals surface area contributed by atoms with E-state index in [0.717, 1.165) is 13.0 Å². The van der Waals surface area contributed by atoms with E-state index in [4.69, 9.17) is 9.84 Å². The summed E-state index contributed by atoms with van der Waals surface area (Å²) in [5.74, 6) is 1.82. The van der Waals surface area contributed by atoms with Gasteiger partial charge in [-0.3, -0.25) is 0 Å². The number of aliphatic hydroxyl groups is 1. The highest BCUT2D eigenvalue weighted by molar-refractivity contribution is 5.63. The summed E-state index contributed by atoms with van der Waals surface area (Å²) in [5, 5.41) is 15.2. The predicted molar refractivity (Wildman–Crippen MR) is 67.5 cm³/mol. The molecular weight excluding hydrogens is 220 g/mol. The van der Waals surface area contributed by atoms with Gasteiger partial charge in [-0.25, -0.2) is 9.97 Å². The van der Waals surface area contributed by atoms with Crippen LogP contribution in [0.4, 0.5) is 11.6 Å². The first-order valence-electron chi connectivity index (χ1n) is 5.73. The van der Waals surface area contributed by atoms with Crippen LogP contribution < -0.4 is 15.4 Å². The summed E-state index contributed by atoms with van der Waals surface area (Å²) in [7, 11) is 1.57. The number of rotatable bonds is 7. The molecule has 0 amide bonds. The van der Waals surface area contributed by atoms with Crippen molar-refractivity contribution in [2.24, 2.45) is 0 Å². The van der Waals surface area contributed by atoms with Crippen LogP contribution in [0.3, 0.4) is 0 Å². The number of hydrogen-bond acceptors (Lipinski definition) is 6. The SMILES string of the molecule is CCCNc1ncnc(NC(C)CO)c1OC. The maximum absolute atomic E-state index is 9.01. The Hall–Kier alpha value is -1.56. The fourth-order valence-electron chi connectivity index (χ4n) is 1.32. The van der Waals surface area contributed by atoms with Crippen molar-refractivity contribution in [3.63, 3.8) is 0 Å². The number of ether oxygens (including phenoxy) is 1. The van der Waals surface area contributed by atoms with Crippen molar-refractivity contribution < 1.29 is 9.84 Å². The number of aliphatic hydroxyl groups excluding tert-OH is 1. The number of aromatic nitrogens is 2. The van der Waals surface area contributed by atoms with E-state index in [0.29, 0.717) is 17.4 Å². The molecule has 1 aromatic heterocycles. The van der Waals surface area contributed by atoms with Crippen molar-refractivity contribution in [2.75, 3.05) is 30.9 Å². The first-order valence-corrected chi connectivity index (χ1v) is 5.73. The van der Waals surface area contributed by atoms with Gasteiger partial charge < -0.3 is 20.5 Å². The van der Waals surface area contributed by atoms with E-state index >= 15 is 0 Å². The van der Waals surface area contributed by atoms with Gasteiger partial charge in [0.05, 0.1) is 13.7 Å². The maximum atomic E-state index is 9.01. The fraction of sp³-hybridized carbons (Fsp3) is 0.636. The summed E-state index contributed by atoms with van der Waals surface area (Å²) in [6.45, 7) is 4.79. The van der Waals surface area contributed by atoms with Gasteiger partial charge in [-0.15, -0.1) is 0 Å². The number of nitrogens with one attached hydrogen (secondary N) is 2. The van der Waals surface area contributed by atoms with E-state index in [2.05, 4.69) is 27.5 Å². The summed E-state index contributed by atoms with van der Waals surface area (Å²) in [6, 6.07) is -0.0853. The van der Waals surface area contributed by atoms with Crippen molar-refractivity contribution in [1.29, 1.82) is 0 Å². The minimum Gasteiger partial charge on any atom is -0.490 e. The fourth-order valence-corrected chi connectivity index (χ4v) is 1.32. The molecule has 0 saturated carbocycles. The Bertz CT molecular complexity index is 346. The minimum absolute atomic E-state index is 0.0326. The smallest absolute Gasteiger partial charge is 0.204 e. The normalized spacial score (nSPS) is 12.0. The molecule has 0 aliphatic rings. The van der Waals surface area contributed by atoms with Crippen molar-refractivity contribution in [3.8, 4) is 5.75 Å². The summed E-state index contributed by atoms with van der Waals surface area (Å²) in [4.78, 5) is 8.24. The van der Waals surface area contributed by atoms with Crippen LogP contribution in [-0.4, -0.2) is 41.4 Å². The van der Waals surface area contributed by atoms with Crippen LogP contribution in [0.5, 0.6) is 5.75 Å². The topological polar surface area (TPSA) is 79.3 Å². The first-order chi connectivity index (χ1) is 8.22. The number of nitrogens with zero attached hydrogens (tertiary/aromatic N) is 2. The number of hydrogen-bond donors (Lipinski definition) is 3. The molecule has 0 aliphatic heterocycles. The Balaban J connectivity index is 2.88. The van der Waals surface area contributed by atoms with Gasteiger partial charge in [0.25, 0.3) is 0 Å². The second-order valence-electron chi connectivity index (χ2n) is 3.76. The van der Waals surface area contributed by atoms with Gasteiger partial charge in [0, 0.05) is 12.6 Å². The molecule has 1 unspecified atom stereocenters. The van der Waals surface area contributed by atoms with Crippen LogP contribution in [0.25, 0.3) is 0 Å². The number of anilines is 2. The first kappa shape index (κ1) is 13.5. The van der Waals surface area contributed by atoms with Crippen LogP contribution in [0.2, 0.25) is 0 Å². The van der Waals surface area contributed by atoms with Crippen LogP contribution in [0.1, 0.15) is 20.3 Å². The second-order valence-corrected chi connectivity index (χ2v) is 3.76. The third kappa shape index (κ3) is 3.74. The van der Waals surface area contributed by atoms with Crippen LogP contribution in [-0.2, 0) is 0 Å². The zero-order chi connectivity index (χ0) is 12.7. The highest BCUT2D eigenvalue weighted by Gasteiger charge is 2.13. The molecule has 0 radical (unpaired) electrons. The van der Waals surface area contributed by atoms with Crippen molar-refractivity contribution in [3.05, 3.63) is 6.33 Å². The van der Waals surface area contributed by atoms with E-state index in [-0.39, 0.29) is 12.6 Å². The monoisotopic (exact) mass is 240 g/mol. The van der Waals surface area contributed by atoms with Crippen LogP contribution in [0, 0.1) is 0 Å². The van der Waals surface area contributed by atoms with Gasteiger partial charge in [0.1, 0.15) is 6.33 Å². The lowest BCUT2D eigenvalue weighted by atomic mass is 10.3. The summed E-state index contributed by atoms with van der Waals surface area (Å²) in [5.41, 5.74) is 0. The van der Waals surface area contributed by atoms with E-state index < -0.39 is 0 Å². The Morgan fingerprint density at radius 3 is 2.71 bits per heavy atom. The van der Waals surface area contributed by atoms with Gasteiger partial charge in [-0.1, -0.05) is 6.92 Å². The molecule has 3 N–H and O–H groups in total. The Morgan fingerprint density at radius 2 is 2.12 bits per heavy atom. The largest absolute Gasteiger partial charge is 0.490 e. The highest BCUT2D eigenvalue weighted by Crippen LogP contribution is 2.29. The summed E-state index contributed by atoms with van der Waals surface area (Å²) < 4.78 is 5.29. The average Bonchev–Trinajstić information content (AvgIpc) is 2.36. The van der Waals surface area contributed by atoms with Crippen LogP contribution in [0.15, 0.2) is 6.33 Å². The van der Waals surface area contributed by atoms with Crippen molar-refractivity contribution in [2.45, 2.75) is 26.3 Å². The highest BCUT2D eigenvalue weighted by atomic mass is 16.5. The molecule has 1 aromatic rings. The van der Waals surface area contributed by atoms with Gasteiger partial charge in [-0.05, 0) is 13.3 Å². The molecule has 1 atom stereocenters. The third-order valence-corrected chi connectivity index (χ3v) is 2.21. The lowest BCUT2D eigenvalue weighted by molar-refractivity contribution is 0.281. The Kier molecular flexibility index (Phi) is 5.48. The molecule has 0 fully saturated rings. The van der Waals surface area contributed by atoms with E-state index in [1.165, 1.54) is 6.33 Å². The molecule has 0 aromatic carbocycles. The van der Waals surface area contributed by atoms with Crippen molar-refractivity contribution >= 4 is 11.6 Å². The molecule has 96 valence electrons. The van der Waals surface area contributed by atoms with E-state index in [1.807, 2.05) is 6.92 Å². The van der Waals surface area contributed by atoms with E-state index in [9.17, 15) is 0 Å².